The SMILES string of the molecule is C=C/C(N)=C(\C)C=N. The second kappa shape index (κ2) is 3.02. The van der Waals surface area contributed by atoms with Gasteiger partial charge in [-0.1, -0.05) is 6.58 Å². The molecule has 0 aliphatic rings. The molecule has 0 aromatic heterocycles. The fourth-order valence-electron chi connectivity index (χ4n) is 0.244. The molecule has 0 bridgehead atoms. The molecule has 2 nitrogen and oxygen atoms in total. The van der Waals surface area contributed by atoms with Crippen molar-refractivity contribution in [1.29, 1.82) is 5.41 Å². The third-order valence-corrected chi connectivity index (χ3v) is 0.892. The molecule has 3 N–H and O–H groups in total. The molecule has 0 aromatic carbocycles. The van der Waals surface area contributed by atoms with Gasteiger partial charge < -0.3 is 11.1 Å². The Bertz CT molecular complexity index is 117. The molecule has 0 spiro atoms. The highest BCUT2D eigenvalue weighted by Gasteiger charge is 1.84. The molecule has 0 aliphatic carbocycles. The van der Waals surface area contributed by atoms with E-state index in [1.54, 1.807) is 6.92 Å². The average Bonchev–Trinajstić information content (AvgIpc) is 1.84. The topological polar surface area (TPSA) is 49.9 Å². The lowest BCUT2D eigenvalue weighted by Gasteiger charge is -1.91. The van der Waals surface area contributed by atoms with Crippen LogP contribution in [0.25, 0.3) is 0 Å². The maximum absolute atomic E-state index is 6.73. The number of hydrogen-bond acceptors (Lipinski definition) is 2. The summed E-state index contributed by atoms with van der Waals surface area (Å²) in [6.45, 7) is 5.21. The van der Waals surface area contributed by atoms with E-state index in [9.17, 15) is 0 Å². The number of allylic oxidation sites excluding steroid dienone is 2. The number of rotatable bonds is 2. The molecule has 8 heavy (non-hydrogen) atoms. The summed E-state index contributed by atoms with van der Waals surface area (Å²) in [7, 11) is 0. The van der Waals surface area contributed by atoms with E-state index in [2.05, 4.69) is 6.58 Å². The van der Waals surface area contributed by atoms with Crippen LogP contribution in [0.15, 0.2) is 23.9 Å². The summed E-state index contributed by atoms with van der Waals surface area (Å²) in [5, 5.41) is 6.73. The van der Waals surface area contributed by atoms with Crippen molar-refractivity contribution in [2.24, 2.45) is 5.73 Å². The van der Waals surface area contributed by atoms with E-state index in [1.165, 1.54) is 12.3 Å². The molecule has 0 fully saturated rings. The molecule has 44 valence electrons. The van der Waals surface area contributed by atoms with Crippen molar-refractivity contribution in [3.05, 3.63) is 23.9 Å². The van der Waals surface area contributed by atoms with Crippen LogP contribution in [0.4, 0.5) is 0 Å². The predicted octanol–water partition coefficient (Wildman–Crippen LogP) is 1.05. The first-order chi connectivity index (χ1) is 3.72. The van der Waals surface area contributed by atoms with Crippen molar-refractivity contribution in [2.75, 3.05) is 0 Å². The zero-order valence-electron chi connectivity index (χ0n) is 4.94. The summed E-state index contributed by atoms with van der Waals surface area (Å²) in [6.07, 6.45) is 2.73. The Morgan fingerprint density at radius 2 is 2.25 bits per heavy atom. The molecule has 0 atom stereocenters. The van der Waals surface area contributed by atoms with E-state index >= 15 is 0 Å². The van der Waals surface area contributed by atoms with Crippen molar-refractivity contribution in [3.63, 3.8) is 0 Å². The first kappa shape index (κ1) is 6.95. The van der Waals surface area contributed by atoms with E-state index in [0.29, 0.717) is 5.70 Å². The summed E-state index contributed by atoms with van der Waals surface area (Å²) in [5.41, 5.74) is 6.66. The Morgan fingerprint density at radius 1 is 1.75 bits per heavy atom. The Labute approximate surface area is 49.2 Å². The summed E-state index contributed by atoms with van der Waals surface area (Å²) in [6, 6.07) is 0. The zero-order chi connectivity index (χ0) is 6.57. The lowest BCUT2D eigenvalue weighted by atomic mass is 10.2. The van der Waals surface area contributed by atoms with E-state index in [0.717, 1.165) is 5.57 Å². The van der Waals surface area contributed by atoms with Gasteiger partial charge in [-0.15, -0.1) is 0 Å². The van der Waals surface area contributed by atoms with Gasteiger partial charge in [0.25, 0.3) is 0 Å². The third kappa shape index (κ3) is 1.60. The molecule has 0 radical (unpaired) electrons. The maximum Gasteiger partial charge on any atom is 0.0352 e. The van der Waals surface area contributed by atoms with Gasteiger partial charge in [0.05, 0.1) is 0 Å². The minimum absolute atomic E-state index is 0.569. The van der Waals surface area contributed by atoms with Crippen molar-refractivity contribution in [1.82, 2.24) is 0 Å². The van der Waals surface area contributed by atoms with Crippen LogP contribution in [0.5, 0.6) is 0 Å². The van der Waals surface area contributed by atoms with Gasteiger partial charge in [-0.25, -0.2) is 0 Å². The average molecular weight is 110 g/mol. The lowest BCUT2D eigenvalue weighted by Crippen LogP contribution is -1.96. The van der Waals surface area contributed by atoms with Crippen LogP contribution in [0.3, 0.4) is 0 Å². The zero-order valence-corrected chi connectivity index (χ0v) is 4.94. The molecular weight excluding hydrogens is 100 g/mol. The normalized spacial score (nSPS) is 12.1. The number of hydrogen-bond donors (Lipinski definition) is 2. The molecular formula is C6H10N2. The van der Waals surface area contributed by atoms with Crippen molar-refractivity contribution in [3.8, 4) is 0 Å². The Balaban J connectivity index is 4.25. The van der Waals surface area contributed by atoms with Gasteiger partial charge in [0.1, 0.15) is 0 Å². The standard InChI is InChI=1S/C6H10N2/c1-3-6(8)5(2)4-7/h3-4,7H,1,8H2,2H3/b6-5-,7-4?. The largest absolute Gasteiger partial charge is 0.398 e. The minimum atomic E-state index is 0.569. The molecule has 0 amide bonds. The van der Waals surface area contributed by atoms with Crippen LogP contribution in [0.2, 0.25) is 0 Å². The quantitative estimate of drug-likeness (QED) is 0.405. The van der Waals surface area contributed by atoms with E-state index in [-0.39, 0.29) is 0 Å². The molecule has 0 rings (SSSR count). The molecule has 0 heterocycles. The summed E-state index contributed by atoms with van der Waals surface area (Å²) in [5.74, 6) is 0. The maximum atomic E-state index is 6.73. The van der Waals surface area contributed by atoms with Crippen molar-refractivity contribution < 1.29 is 0 Å². The second-order valence-corrected chi connectivity index (χ2v) is 1.49. The third-order valence-electron chi connectivity index (χ3n) is 0.892. The second-order valence-electron chi connectivity index (χ2n) is 1.49. The first-order valence-corrected chi connectivity index (χ1v) is 2.31. The van der Waals surface area contributed by atoms with Crippen LogP contribution < -0.4 is 5.73 Å². The van der Waals surface area contributed by atoms with Crippen molar-refractivity contribution in [2.45, 2.75) is 6.92 Å². The van der Waals surface area contributed by atoms with Crippen LogP contribution in [0, 0.1) is 5.41 Å². The van der Waals surface area contributed by atoms with Crippen LogP contribution in [-0.4, -0.2) is 6.21 Å². The molecule has 0 aromatic rings. The fourth-order valence-corrected chi connectivity index (χ4v) is 0.244. The number of nitrogens with one attached hydrogen (secondary N) is 1. The van der Waals surface area contributed by atoms with Gasteiger partial charge in [-0.3, -0.25) is 0 Å². The lowest BCUT2D eigenvalue weighted by molar-refractivity contribution is 1.35. The Morgan fingerprint density at radius 3 is 2.38 bits per heavy atom. The van der Waals surface area contributed by atoms with Gasteiger partial charge in [0.2, 0.25) is 0 Å². The number of nitrogens with two attached hydrogens (primary N) is 1. The van der Waals surface area contributed by atoms with Crippen LogP contribution in [0.1, 0.15) is 6.92 Å². The first-order valence-electron chi connectivity index (χ1n) is 2.31. The Kier molecular flexibility index (Phi) is 2.62. The molecule has 2 heteroatoms. The van der Waals surface area contributed by atoms with E-state index in [4.69, 9.17) is 11.1 Å². The van der Waals surface area contributed by atoms with Gasteiger partial charge in [-0.2, -0.15) is 0 Å². The monoisotopic (exact) mass is 110 g/mol. The van der Waals surface area contributed by atoms with Crippen molar-refractivity contribution >= 4 is 6.21 Å². The van der Waals surface area contributed by atoms with Gasteiger partial charge in [-0.05, 0) is 18.6 Å². The predicted molar refractivity (Wildman–Crippen MR) is 35.9 cm³/mol. The smallest absolute Gasteiger partial charge is 0.0352 e. The molecule has 0 saturated carbocycles. The highest BCUT2D eigenvalue weighted by atomic mass is 14.6. The van der Waals surface area contributed by atoms with E-state index in [1.807, 2.05) is 0 Å². The highest BCUT2D eigenvalue weighted by molar-refractivity contribution is 5.76. The summed E-state index contributed by atoms with van der Waals surface area (Å²) >= 11 is 0. The van der Waals surface area contributed by atoms with Gasteiger partial charge >= 0.3 is 0 Å². The van der Waals surface area contributed by atoms with Gasteiger partial charge in [0.15, 0.2) is 0 Å². The van der Waals surface area contributed by atoms with Crippen LogP contribution >= 0.6 is 0 Å². The molecule has 0 unspecified atom stereocenters. The summed E-state index contributed by atoms with van der Waals surface area (Å²) < 4.78 is 0. The van der Waals surface area contributed by atoms with Gasteiger partial charge in [0, 0.05) is 11.9 Å². The summed E-state index contributed by atoms with van der Waals surface area (Å²) in [4.78, 5) is 0. The van der Waals surface area contributed by atoms with E-state index < -0.39 is 0 Å². The highest BCUT2D eigenvalue weighted by Crippen LogP contribution is 1.92. The molecule has 0 aliphatic heterocycles. The Hall–Kier alpha value is -1.05. The minimum Gasteiger partial charge on any atom is -0.398 e. The fraction of sp³-hybridized carbons (Fsp3) is 0.167. The van der Waals surface area contributed by atoms with Crippen LogP contribution in [-0.2, 0) is 0 Å². The molecule has 0 saturated heterocycles.